The summed E-state index contributed by atoms with van der Waals surface area (Å²) in [6, 6.07) is 72.1. The predicted octanol–water partition coefficient (Wildman–Crippen LogP) is 15.6. The van der Waals surface area contributed by atoms with E-state index in [9.17, 15) is 0 Å². The summed E-state index contributed by atoms with van der Waals surface area (Å²) in [5.74, 6) is 0. The van der Waals surface area contributed by atoms with E-state index < -0.39 is 0 Å². The molecule has 0 aliphatic heterocycles. The number of hydrogen-bond acceptors (Lipinski definition) is 3. The molecule has 11 rings (SSSR count). The molecule has 0 saturated heterocycles. The Morgan fingerprint density at radius 1 is 0.364 bits per heavy atom. The number of rotatable bonds is 6. The number of nitrogens with zero attached hydrogens (tertiary/aromatic N) is 1. The minimum atomic E-state index is 0.907. The highest BCUT2D eigenvalue weighted by molar-refractivity contribution is 7.27. The Kier molecular flexibility index (Phi) is 7.39. The normalized spacial score (nSPS) is 11.6. The molecule has 2 heterocycles. The molecule has 0 spiro atoms. The van der Waals surface area contributed by atoms with Gasteiger partial charge >= 0.3 is 0 Å². The van der Waals surface area contributed by atoms with Gasteiger partial charge in [0.2, 0.25) is 0 Å². The number of benzene rings is 9. The number of fused-ring (bicyclic) bond motifs is 7. The van der Waals surface area contributed by atoms with Crippen molar-refractivity contribution in [1.29, 1.82) is 0 Å². The summed E-state index contributed by atoms with van der Waals surface area (Å²) >= 11 is 1.88. The molecular formula is C52H33NOS. The van der Waals surface area contributed by atoms with Crippen molar-refractivity contribution in [3.8, 4) is 33.4 Å². The second-order valence-corrected chi connectivity index (χ2v) is 15.1. The van der Waals surface area contributed by atoms with Crippen LogP contribution in [0.3, 0.4) is 0 Å². The fourth-order valence-electron chi connectivity index (χ4n) is 8.27. The maximum Gasteiger partial charge on any atom is 0.143 e. The molecule has 0 amide bonds. The maximum atomic E-state index is 6.46. The van der Waals surface area contributed by atoms with E-state index in [1.54, 1.807) is 0 Å². The van der Waals surface area contributed by atoms with E-state index in [0.717, 1.165) is 50.1 Å². The number of para-hydroxylation sites is 3. The molecule has 9 aromatic carbocycles. The van der Waals surface area contributed by atoms with Crippen LogP contribution in [0.25, 0.3) is 86.3 Å². The Balaban J connectivity index is 1.13. The lowest BCUT2D eigenvalue weighted by Crippen LogP contribution is -2.11. The summed E-state index contributed by atoms with van der Waals surface area (Å²) in [5.41, 5.74) is 12.2. The van der Waals surface area contributed by atoms with Gasteiger partial charge in [0.1, 0.15) is 11.2 Å². The van der Waals surface area contributed by atoms with Gasteiger partial charge < -0.3 is 9.32 Å². The van der Waals surface area contributed by atoms with E-state index in [1.807, 2.05) is 23.5 Å². The van der Waals surface area contributed by atoms with Crippen LogP contribution in [0.2, 0.25) is 0 Å². The van der Waals surface area contributed by atoms with Gasteiger partial charge in [-0.15, -0.1) is 11.3 Å². The fraction of sp³-hybridized carbons (Fsp3) is 0. The van der Waals surface area contributed by atoms with Crippen LogP contribution >= 0.6 is 11.3 Å². The number of anilines is 3. The van der Waals surface area contributed by atoms with Gasteiger partial charge in [0.25, 0.3) is 0 Å². The average Bonchev–Trinajstić information content (AvgIpc) is 3.84. The summed E-state index contributed by atoms with van der Waals surface area (Å²) in [7, 11) is 0. The van der Waals surface area contributed by atoms with Crippen LogP contribution in [-0.4, -0.2) is 0 Å². The van der Waals surface area contributed by atoms with Gasteiger partial charge in [-0.2, -0.15) is 0 Å². The van der Waals surface area contributed by atoms with Gasteiger partial charge in [0.15, 0.2) is 0 Å². The molecule has 0 fully saturated rings. The van der Waals surface area contributed by atoms with Crippen LogP contribution in [0.1, 0.15) is 0 Å². The molecule has 0 unspecified atom stereocenters. The highest BCUT2D eigenvalue weighted by atomic mass is 32.1. The largest absolute Gasteiger partial charge is 0.455 e. The lowest BCUT2D eigenvalue weighted by Gasteiger charge is -2.28. The van der Waals surface area contributed by atoms with Crippen molar-refractivity contribution >= 4 is 81.3 Å². The molecule has 0 atom stereocenters. The van der Waals surface area contributed by atoms with Crippen molar-refractivity contribution in [2.24, 2.45) is 0 Å². The zero-order chi connectivity index (χ0) is 36.3. The van der Waals surface area contributed by atoms with Crippen LogP contribution in [0.15, 0.2) is 205 Å². The van der Waals surface area contributed by atoms with E-state index in [2.05, 4.69) is 193 Å². The molecule has 0 saturated carbocycles. The Bertz CT molecular complexity index is 3210. The van der Waals surface area contributed by atoms with Crippen LogP contribution in [0, 0.1) is 0 Å². The van der Waals surface area contributed by atoms with Crippen molar-refractivity contribution in [3.63, 3.8) is 0 Å². The lowest BCUT2D eigenvalue weighted by molar-refractivity contribution is 0.670. The molecular weight excluding hydrogens is 687 g/mol. The van der Waals surface area contributed by atoms with Crippen LogP contribution in [-0.2, 0) is 0 Å². The third-order valence-corrected chi connectivity index (χ3v) is 12.2. The highest BCUT2D eigenvalue weighted by Crippen LogP contribution is 2.49. The van der Waals surface area contributed by atoms with Gasteiger partial charge in [0, 0.05) is 43.1 Å². The third kappa shape index (κ3) is 5.24. The van der Waals surface area contributed by atoms with Gasteiger partial charge in [-0.25, -0.2) is 0 Å². The number of furan rings is 1. The maximum absolute atomic E-state index is 6.46. The quantitative estimate of drug-likeness (QED) is 0.170. The summed E-state index contributed by atoms with van der Waals surface area (Å²) < 4.78 is 9.01. The zero-order valence-electron chi connectivity index (χ0n) is 29.8. The average molecular weight is 720 g/mol. The molecule has 3 heteroatoms. The van der Waals surface area contributed by atoms with Crippen LogP contribution in [0.4, 0.5) is 17.1 Å². The zero-order valence-corrected chi connectivity index (χ0v) is 30.6. The van der Waals surface area contributed by atoms with E-state index in [-0.39, 0.29) is 0 Å². The van der Waals surface area contributed by atoms with Gasteiger partial charge in [-0.1, -0.05) is 164 Å². The first-order chi connectivity index (χ1) is 27.3. The summed E-state index contributed by atoms with van der Waals surface area (Å²) in [6.45, 7) is 0. The first kappa shape index (κ1) is 31.6. The van der Waals surface area contributed by atoms with Gasteiger partial charge in [-0.05, 0) is 69.4 Å². The lowest BCUT2D eigenvalue weighted by atomic mass is 9.98. The van der Waals surface area contributed by atoms with E-state index in [1.165, 1.54) is 53.2 Å². The van der Waals surface area contributed by atoms with E-state index >= 15 is 0 Å². The van der Waals surface area contributed by atoms with Crippen molar-refractivity contribution in [2.45, 2.75) is 0 Å². The van der Waals surface area contributed by atoms with Crippen LogP contribution in [0.5, 0.6) is 0 Å². The topological polar surface area (TPSA) is 16.4 Å². The highest BCUT2D eigenvalue weighted by Gasteiger charge is 2.22. The molecule has 0 N–H and O–H groups in total. The summed E-state index contributed by atoms with van der Waals surface area (Å²) in [5, 5.41) is 7.27. The van der Waals surface area contributed by atoms with E-state index in [0.29, 0.717) is 0 Å². The summed E-state index contributed by atoms with van der Waals surface area (Å²) in [6.07, 6.45) is 0. The summed E-state index contributed by atoms with van der Waals surface area (Å²) in [4.78, 5) is 2.45. The molecule has 11 aromatic rings. The number of hydrogen-bond donors (Lipinski definition) is 0. The molecule has 258 valence electrons. The first-order valence-corrected chi connectivity index (χ1v) is 19.5. The Morgan fingerprint density at radius 3 is 1.84 bits per heavy atom. The monoisotopic (exact) mass is 719 g/mol. The van der Waals surface area contributed by atoms with Crippen molar-refractivity contribution in [1.82, 2.24) is 0 Å². The predicted molar refractivity (Wildman–Crippen MR) is 235 cm³/mol. The van der Waals surface area contributed by atoms with Crippen molar-refractivity contribution in [2.75, 3.05) is 4.90 Å². The smallest absolute Gasteiger partial charge is 0.143 e. The molecule has 2 aromatic heterocycles. The SMILES string of the molecule is c1ccc(-c2cccc3c2sc2c(N(c4ccc(-c5cccc6c5oc5ccccc56)cc4)c4ccccc4-c4ccc5ccccc5c4)cccc23)cc1. The van der Waals surface area contributed by atoms with Crippen molar-refractivity contribution < 1.29 is 4.42 Å². The van der Waals surface area contributed by atoms with Crippen molar-refractivity contribution in [3.05, 3.63) is 200 Å². The Labute approximate surface area is 322 Å². The fourth-order valence-corrected chi connectivity index (χ4v) is 9.61. The second kappa shape index (κ2) is 12.9. The molecule has 0 radical (unpaired) electrons. The van der Waals surface area contributed by atoms with E-state index in [4.69, 9.17) is 4.42 Å². The first-order valence-electron chi connectivity index (χ1n) is 18.7. The minimum Gasteiger partial charge on any atom is -0.455 e. The molecule has 2 nitrogen and oxygen atoms in total. The van der Waals surface area contributed by atoms with Gasteiger partial charge in [0.05, 0.1) is 16.1 Å². The molecule has 0 bridgehead atoms. The van der Waals surface area contributed by atoms with Crippen LogP contribution < -0.4 is 4.90 Å². The standard InChI is InChI=1S/C52H33NOS/c1-2-14-35(15-3-1)42-20-11-22-45-46-23-12-25-48(52(46)55-51(42)45)53(47-24-8-6-17-40(47)38-28-27-34-13-4-5-16-37(34)33-38)39-31-29-36(30-32-39)41-19-10-21-44-43-18-7-9-26-49(43)54-50(41)44/h1-33H. The molecule has 0 aliphatic rings. The van der Waals surface area contributed by atoms with Gasteiger partial charge in [-0.3, -0.25) is 0 Å². The minimum absolute atomic E-state index is 0.907. The Morgan fingerprint density at radius 2 is 0.964 bits per heavy atom. The number of thiophene rings is 1. The third-order valence-electron chi connectivity index (χ3n) is 10.9. The second-order valence-electron chi connectivity index (χ2n) is 14.0. The molecule has 55 heavy (non-hydrogen) atoms. The molecule has 0 aliphatic carbocycles. The Hall–Kier alpha value is -6.94.